The first-order valence-corrected chi connectivity index (χ1v) is 14.9. The molecule has 11 heteroatoms. The Hall–Kier alpha value is -4.28. The number of ether oxygens (including phenoxy) is 3. The fraction of sp³-hybridized carbons (Fsp3) is 0.500. The number of rotatable bonds is 9. The van der Waals surface area contributed by atoms with Crippen LogP contribution >= 0.6 is 0 Å². The van der Waals surface area contributed by atoms with Gasteiger partial charge in [-0.1, -0.05) is 25.0 Å². The number of piperidine rings is 1. The summed E-state index contributed by atoms with van der Waals surface area (Å²) in [5, 5.41) is 18.5. The molecule has 0 radical (unpaired) electrons. The summed E-state index contributed by atoms with van der Waals surface area (Å²) in [4.78, 5) is 40.5. The maximum absolute atomic E-state index is 13.8. The van der Waals surface area contributed by atoms with Gasteiger partial charge in [-0.15, -0.1) is 0 Å². The van der Waals surface area contributed by atoms with Crippen LogP contribution in [0.25, 0.3) is 0 Å². The molecule has 2 N–H and O–H groups in total. The summed E-state index contributed by atoms with van der Waals surface area (Å²) in [5.41, 5.74) is 2.63. The van der Waals surface area contributed by atoms with E-state index in [2.05, 4.69) is 5.32 Å². The van der Waals surface area contributed by atoms with Gasteiger partial charge >= 0.3 is 6.09 Å². The van der Waals surface area contributed by atoms with E-state index in [1.807, 2.05) is 30.3 Å². The van der Waals surface area contributed by atoms with Gasteiger partial charge in [0.15, 0.2) is 11.5 Å². The molecule has 0 spiro atoms. The van der Waals surface area contributed by atoms with Gasteiger partial charge in [0, 0.05) is 36.9 Å². The molecule has 5 rings (SSSR count). The lowest BCUT2D eigenvalue weighted by atomic mass is 9.73. The van der Waals surface area contributed by atoms with Crippen molar-refractivity contribution in [2.24, 2.45) is 16.9 Å². The third-order valence-corrected chi connectivity index (χ3v) is 8.87. The first-order chi connectivity index (χ1) is 20.8. The Morgan fingerprint density at radius 1 is 0.930 bits per heavy atom. The summed E-state index contributed by atoms with van der Waals surface area (Å²) >= 11 is 0. The molecule has 3 aliphatic rings. The molecule has 11 nitrogen and oxygen atoms in total. The third kappa shape index (κ3) is 6.55. The molecule has 0 unspecified atom stereocenters. The van der Waals surface area contributed by atoms with E-state index in [1.54, 1.807) is 43.4 Å². The number of fused-ring (bicyclic) bond motifs is 1. The van der Waals surface area contributed by atoms with Crippen molar-refractivity contribution in [2.45, 2.75) is 57.0 Å². The number of hydrogen-bond acceptors (Lipinski definition) is 7. The van der Waals surface area contributed by atoms with Gasteiger partial charge < -0.3 is 29.5 Å². The Kier molecular flexibility index (Phi) is 9.37. The molecule has 3 amide bonds. The summed E-state index contributed by atoms with van der Waals surface area (Å²) in [7, 11) is 4.78. The van der Waals surface area contributed by atoms with Gasteiger partial charge in [0.1, 0.15) is 11.8 Å². The van der Waals surface area contributed by atoms with Crippen molar-refractivity contribution in [2.75, 3.05) is 34.4 Å². The van der Waals surface area contributed by atoms with Crippen LogP contribution in [0.15, 0.2) is 47.6 Å². The summed E-state index contributed by atoms with van der Waals surface area (Å²) in [6.07, 6.45) is 3.90. The second kappa shape index (κ2) is 13.4. The zero-order valence-electron chi connectivity index (χ0n) is 25.0. The molecular formula is C32H40N4O7. The lowest BCUT2D eigenvalue weighted by Crippen LogP contribution is -2.55. The van der Waals surface area contributed by atoms with E-state index in [4.69, 9.17) is 19.3 Å². The Morgan fingerprint density at radius 2 is 1.60 bits per heavy atom. The van der Waals surface area contributed by atoms with E-state index in [0.29, 0.717) is 43.2 Å². The number of nitrogens with zero attached hydrogens (tertiary/aromatic N) is 3. The van der Waals surface area contributed by atoms with Gasteiger partial charge in [0.05, 0.1) is 33.1 Å². The van der Waals surface area contributed by atoms with Gasteiger partial charge in [0.25, 0.3) is 0 Å². The Morgan fingerprint density at radius 3 is 2.23 bits per heavy atom. The van der Waals surface area contributed by atoms with E-state index in [-0.39, 0.29) is 36.1 Å². The van der Waals surface area contributed by atoms with Crippen LogP contribution in [0.4, 0.5) is 4.79 Å². The highest BCUT2D eigenvalue weighted by Crippen LogP contribution is 2.40. The van der Waals surface area contributed by atoms with Crippen LogP contribution in [-0.2, 0) is 16.0 Å². The Labute approximate surface area is 251 Å². The van der Waals surface area contributed by atoms with E-state index < -0.39 is 12.1 Å². The van der Waals surface area contributed by atoms with Crippen LogP contribution in [0.1, 0.15) is 49.7 Å². The highest BCUT2D eigenvalue weighted by Gasteiger charge is 2.44. The molecule has 43 heavy (non-hydrogen) atoms. The number of hydrazone groups is 1. The summed E-state index contributed by atoms with van der Waals surface area (Å²) < 4.78 is 16.2. The van der Waals surface area contributed by atoms with Crippen LogP contribution in [0.5, 0.6) is 17.2 Å². The first kappa shape index (κ1) is 30.2. The largest absolute Gasteiger partial charge is 0.497 e. The lowest BCUT2D eigenvalue weighted by Gasteiger charge is -2.43. The molecule has 2 fully saturated rings. The maximum atomic E-state index is 13.8. The average Bonchev–Trinajstić information content (AvgIpc) is 3.04. The minimum absolute atomic E-state index is 0.0538. The monoisotopic (exact) mass is 592 g/mol. The standard InChI is InChI=1S/C32H40N4O7/c1-41-23-11-8-20(9-12-23)18-26(33-32(39)40)31(38)35-16-14-22(15-17-35)36-30(37)25-7-5-4-6-24(25)29(34-36)21-10-13-27(42-2)28(19-21)43-3/h8-13,19,22,24-26,33H,4-7,14-18H2,1-3H3,(H,39,40)/t24-,25+,26+/m0/s1. The van der Waals surface area contributed by atoms with Crippen molar-refractivity contribution in [3.8, 4) is 17.2 Å². The van der Waals surface area contributed by atoms with Gasteiger partial charge in [-0.25, -0.2) is 9.80 Å². The van der Waals surface area contributed by atoms with Crippen LogP contribution < -0.4 is 19.5 Å². The van der Waals surface area contributed by atoms with Gasteiger partial charge in [0.2, 0.25) is 11.8 Å². The SMILES string of the molecule is COc1ccc(C[C@@H](NC(=O)O)C(=O)N2CCC(N3N=C(c4ccc(OC)c(OC)c4)[C@H]4CCCC[C@H]4C3=O)CC2)cc1. The minimum atomic E-state index is -1.25. The fourth-order valence-corrected chi connectivity index (χ4v) is 6.59. The van der Waals surface area contributed by atoms with Crippen molar-refractivity contribution in [1.29, 1.82) is 0 Å². The topological polar surface area (TPSA) is 130 Å². The van der Waals surface area contributed by atoms with Crippen molar-refractivity contribution < 1.29 is 33.7 Å². The molecular weight excluding hydrogens is 552 g/mol. The van der Waals surface area contributed by atoms with Crippen LogP contribution in [-0.4, -0.2) is 85.1 Å². The summed E-state index contributed by atoms with van der Waals surface area (Å²) in [5.74, 6) is 1.65. The number of carboxylic acid groups (broad SMARTS) is 1. The van der Waals surface area contributed by atoms with E-state index in [1.165, 1.54) is 0 Å². The van der Waals surface area contributed by atoms with Crippen LogP contribution in [0.2, 0.25) is 0 Å². The average molecular weight is 593 g/mol. The predicted molar refractivity (Wildman–Crippen MR) is 160 cm³/mol. The number of nitrogens with one attached hydrogen (secondary N) is 1. The highest BCUT2D eigenvalue weighted by molar-refractivity contribution is 6.07. The van der Waals surface area contributed by atoms with Crippen molar-refractivity contribution >= 4 is 23.6 Å². The third-order valence-electron chi connectivity index (χ3n) is 8.87. The zero-order chi connectivity index (χ0) is 30.5. The quantitative estimate of drug-likeness (QED) is 0.451. The number of methoxy groups -OCH3 is 3. The van der Waals surface area contributed by atoms with E-state index in [9.17, 15) is 19.5 Å². The van der Waals surface area contributed by atoms with Crippen LogP contribution in [0.3, 0.4) is 0 Å². The first-order valence-electron chi connectivity index (χ1n) is 14.9. The Balaban J connectivity index is 1.32. The number of likely N-dealkylation sites (tertiary alicyclic amines) is 1. The summed E-state index contributed by atoms with van der Waals surface area (Å²) in [6, 6.07) is 11.9. The number of carbonyl (C=O) groups is 3. The molecule has 2 aromatic rings. The fourth-order valence-electron chi connectivity index (χ4n) is 6.59. The zero-order valence-corrected chi connectivity index (χ0v) is 25.0. The van der Waals surface area contributed by atoms with Gasteiger partial charge in [-0.2, -0.15) is 5.10 Å². The van der Waals surface area contributed by atoms with Gasteiger partial charge in [-0.05, 0) is 61.6 Å². The number of hydrogen-bond donors (Lipinski definition) is 2. The Bertz CT molecular complexity index is 1350. The lowest BCUT2D eigenvalue weighted by molar-refractivity contribution is -0.143. The molecule has 2 aliphatic heterocycles. The highest BCUT2D eigenvalue weighted by atomic mass is 16.5. The normalized spacial score (nSPS) is 21.4. The van der Waals surface area contributed by atoms with Crippen molar-refractivity contribution in [3.05, 3.63) is 53.6 Å². The molecule has 2 aromatic carbocycles. The molecule has 3 atom stereocenters. The molecule has 0 bridgehead atoms. The second-order valence-electron chi connectivity index (χ2n) is 11.3. The van der Waals surface area contributed by atoms with Crippen molar-refractivity contribution in [1.82, 2.24) is 15.2 Å². The van der Waals surface area contributed by atoms with Crippen LogP contribution in [0, 0.1) is 11.8 Å². The van der Waals surface area contributed by atoms with E-state index >= 15 is 0 Å². The van der Waals surface area contributed by atoms with Crippen molar-refractivity contribution in [3.63, 3.8) is 0 Å². The summed E-state index contributed by atoms with van der Waals surface area (Å²) in [6.45, 7) is 0.812. The minimum Gasteiger partial charge on any atom is -0.497 e. The molecule has 1 saturated heterocycles. The maximum Gasteiger partial charge on any atom is 0.405 e. The molecule has 2 heterocycles. The number of amides is 3. The molecule has 1 saturated carbocycles. The second-order valence-corrected chi connectivity index (χ2v) is 11.3. The number of benzene rings is 2. The smallest absolute Gasteiger partial charge is 0.405 e. The molecule has 230 valence electrons. The molecule has 0 aromatic heterocycles. The molecule has 1 aliphatic carbocycles. The van der Waals surface area contributed by atoms with E-state index in [0.717, 1.165) is 42.5 Å². The van der Waals surface area contributed by atoms with Gasteiger partial charge in [-0.3, -0.25) is 9.59 Å². The predicted octanol–water partition coefficient (Wildman–Crippen LogP) is 3.94. The number of carbonyl (C=O) groups excluding carboxylic acids is 2.